The zero-order valence-corrected chi connectivity index (χ0v) is 17.0. The van der Waals surface area contributed by atoms with Crippen LogP contribution in [0.15, 0.2) is 52.0 Å². The van der Waals surface area contributed by atoms with E-state index in [9.17, 15) is 21.2 Å². The van der Waals surface area contributed by atoms with E-state index in [1.165, 1.54) is 30.0 Å². The van der Waals surface area contributed by atoms with Crippen LogP contribution in [-0.2, 0) is 19.9 Å². The Bertz CT molecular complexity index is 1260. The average Bonchev–Trinajstić information content (AvgIpc) is 3.33. The molecule has 1 atom stereocenters. The van der Waals surface area contributed by atoms with Gasteiger partial charge in [-0.1, -0.05) is 0 Å². The molecule has 8 nitrogen and oxygen atoms in total. The summed E-state index contributed by atoms with van der Waals surface area (Å²) < 4.78 is 72.2. The van der Waals surface area contributed by atoms with Crippen molar-refractivity contribution in [3.8, 4) is 11.5 Å². The van der Waals surface area contributed by atoms with Gasteiger partial charge in [0, 0.05) is 6.07 Å². The van der Waals surface area contributed by atoms with Crippen LogP contribution in [0.1, 0.15) is 18.0 Å². The van der Waals surface area contributed by atoms with Crippen LogP contribution in [-0.4, -0.2) is 38.1 Å². The van der Waals surface area contributed by atoms with Crippen molar-refractivity contribution in [2.75, 3.05) is 16.2 Å². The number of halogens is 1. The van der Waals surface area contributed by atoms with Crippen molar-refractivity contribution >= 4 is 25.7 Å². The number of aryl methyl sites for hydroxylation is 1. The van der Waals surface area contributed by atoms with Gasteiger partial charge < -0.3 is 4.42 Å². The highest BCUT2D eigenvalue weighted by atomic mass is 32.2. The number of nitrogens with one attached hydrogen (secondary N) is 1. The lowest BCUT2D eigenvalue weighted by atomic mass is 10.2. The molecule has 0 saturated carbocycles. The topological polar surface area (TPSA) is 111 Å². The number of anilines is 1. The summed E-state index contributed by atoms with van der Waals surface area (Å²) in [6, 6.07) is 7.69. The second-order valence-corrected chi connectivity index (χ2v) is 10.8. The molecule has 2 aromatic heterocycles. The third-order valence-corrected chi connectivity index (χ3v) is 7.99. The van der Waals surface area contributed by atoms with Crippen molar-refractivity contribution in [1.29, 1.82) is 0 Å². The standard InChI is InChI=1S/C18H18FN3O5S2/c1-12-9-13(19)4-5-17(12)29(25,26)21-18-10-15(16-3-2-7-27-16)20-22(18)14-6-8-28(23,24)11-14/h2-5,7,9-10,14,21H,6,8,11H2,1H3. The number of aromatic nitrogens is 2. The summed E-state index contributed by atoms with van der Waals surface area (Å²) in [6.07, 6.45) is 1.78. The molecule has 1 aliphatic heterocycles. The molecule has 1 saturated heterocycles. The van der Waals surface area contributed by atoms with Crippen molar-refractivity contribution in [2.24, 2.45) is 0 Å². The summed E-state index contributed by atoms with van der Waals surface area (Å²) in [5.41, 5.74) is 0.617. The van der Waals surface area contributed by atoms with E-state index < -0.39 is 31.7 Å². The first kappa shape index (κ1) is 19.6. The molecule has 29 heavy (non-hydrogen) atoms. The number of sulfone groups is 1. The van der Waals surface area contributed by atoms with E-state index in [0.29, 0.717) is 17.9 Å². The first-order chi connectivity index (χ1) is 13.6. The van der Waals surface area contributed by atoms with Crippen LogP contribution in [0.4, 0.5) is 10.2 Å². The summed E-state index contributed by atoms with van der Waals surface area (Å²) in [7, 11) is -7.27. The molecule has 0 amide bonds. The van der Waals surface area contributed by atoms with Crippen LogP contribution < -0.4 is 4.72 Å². The van der Waals surface area contributed by atoms with E-state index in [4.69, 9.17) is 4.42 Å². The minimum absolute atomic E-state index is 0.0108. The number of sulfonamides is 1. The van der Waals surface area contributed by atoms with Gasteiger partial charge in [0.1, 0.15) is 17.3 Å². The van der Waals surface area contributed by atoms with E-state index in [2.05, 4.69) is 9.82 Å². The maximum Gasteiger partial charge on any atom is 0.263 e. The Morgan fingerprint density at radius 1 is 1.28 bits per heavy atom. The van der Waals surface area contributed by atoms with Crippen LogP contribution in [0.3, 0.4) is 0 Å². The highest BCUT2D eigenvalue weighted by molar-refractivity contribution is 7.92. The molecule has 1 aromatic carbocycles. The summed E-state index contributed by atoms with van der Waals surface area (Å²) in [4.78, 5) is -0.0785. The minimum atomic E-state index is -4.05. The van der Waals surface area contributed by atoms with Gasteiger partial charge >= 0.3 is 0 Å². The molecular formula is C18H18FN3O5S2. The van der Waals surface area contributed by atoms with Crippen molar-refractivity contribution in [2.45, 2.75) is 24.3 Å². The van der Waals surface area contributed by atoms with E-state index in [1.807, 2.05) is 0 Å². The van der Waals surface area contributed by atoms with E-state index >= 15 is 0 Å². The largest absolute Gasteiger partial charge is 0.463 e. The van der Waals surface area contributed by atoms with Gasteiger partial charge in [-0.15, -0.1) is 0 Å². The molecule has 3 aromatic rings. The number of nitrogens with zero attached hydrogens (tertiary/aromatic N) is 2. The quantitative estimate of drug-likeness (QED) is 0.654. The number of hydrogen-bond donors (Lipinski definition) is 1. The van der Waals surface area contributed by atoms with Gasteiger partial charge in [0.2, 0.25) is 0 Å². The molecule has 154 valence electrons. The van der Waals surface area contributed by atoms with Crippen LogP contribution in [0, 0.1) is 12.7 Å². The lowest BCUT2D eigenvalue weighted by Gasteiger charge is -2.15. The van der Waals surface area contributed by atoms with E-state index in [0.717, 1.165) is 12.1 Å². The Kier molecular flexibility index (Phi) is 4.74. The molecule has 11 heteroatoms. The Morgan fingerprint density at radius 3 is 2.69 bits per heavy atom. The van der Waals surface area contributed by atoms with Crippen molar-refractivity contribution in [1.82, 2.24) is 9.78 Å². The first-order valence-corrected chi connectivity index (χ1v) is 12.1. The first-order valence-electron chi connectivity index (χ1n) is 8.77. The Hall–Kier alpha value is -2.66. The average molecular weight is 439 g/mol. The Labute approximate surface area is 167 Å². The minimum Gasteiger partial charge on any atom is -0.463 e. The number of furan rings is 1. The van der Waals surface area contributed by atoms with Gasteiger partial charge in [0.15, 0.2) is 15.6 Å². The summed E-state index contributed by atoms with van der Waals surface area (Å²) in [6.45, 7) is 1.49. The van der Waals surface area contributed by atoms with Crippen molar-refractivity contribution < 1.29 is 25.6 Å². The maximum atomic E-state index is 13.4. The maximum absolute atomic E-state index is 13.4. The fourth-order valence-electron chi connectivity index (χ4n) is 3.37. The summed E-state index contributed by atoms with van der Waals surface area (Å²) in [5.74, 6) is -0.124. The number of benzene rings is 1. The molecule has 0 aliphatic carbocycles. The van der Waals surface area contributed by atoms with Crippen molar-refractivity contribution in [3.63, 3.8) is 0 Å². The lowest BCUT2D eigenvalue weighted by Crippen LogP contribution is -2.20. The second kappa shape index (κ2) is 6.99. The third kappa shape index (κ3) is 3.92. The van der Waals surface area contributed by atoms with Crippen LogP contribution in [0.2, 0.25) is 0 Å². The molecule has 3 heterocycles. The fourth-order valence-corrected chi connectivity index (χ4v) is 6.33. The van der Waals surface area contributed by atoms with Gasteiger partial charge in [0.05, 0.1) is 28.7 Å². The lowest BCUT2D eigenvalue weighted by molar-refractivity contribution is 0.504. The monoisotopic (exact) mass is 439 g/mol. The van der Waals surface area contributed by atoms with E-state index in [1.54, 1.807) is 12.1 Å². The Morgan fingerprint density at radius 2 is 2.07 bits per heavy atom. The highest BCUT2D eigenvalue weighted by Gasteiger charge is 2.32. The smallest absolute Gasteiger partial charge is 0.263 e. The molecule has 0 bridgehead atoms. The van der Waals surface area contributed by atoms with Crippen LogP contribution >= 0.6 is 0 Å². The van der Waals surface area contributed by atoms with Crippen molar-refractivity contribution in [3.05, 3.63) is 54.0 Å². The molecule has 1 aliphatic rings. The molecule has 1 N–H and O–H groups in total. The molecule has 0 radical (unpaired) electrons. The normalized spacial score (nSPS) is 18.8. The number of hydrogen-bond acceptors (Lipinski definition) is 6. The summed E-state index contributed by atoms with van der Waals surface area (Å²) in [5, 5.41) is 4.39. The number of rotatable bonds is 5. The highest BCUT2D eigenvalue weighted by Crippen LogP contribution is 2.32. The molecule has 4 rings (SSSR count). The van der Waals surface area contributed by atoms with Crippen LogP contribution in [0.25, 0.3) is 11.5 Å². The fraction of sp³-hybridized carbons (Fsp3) is 0.278. The molecule has 1 fully saturated rings. The van der Waals surface area contributed by atoms with Gasteiger partial charge in [-0.2, -0.15) is 5.10 Å². The third-order valence-electron chi connectivity index (χ3n) is 4.73. The van der Waals surface area contributed by atoms with Gasteiger partial charge in [-0.25, -0.2) is 25.9 Å². The van der Waals surface area contributed by atoms with Gasteiger partial charge in [-0.05, 0) is 49.2 Å². The molecule has 0 spiro atoms. The van der Waals surface area contributed by atoms with Crippen LogP contribution in [0.5, 0.6) is 0 Å². The second-order valence-electron chi connectivity index (χ2n) is 6.91. The predicted molar refractivity (Wildman–Crippen MR) is 104 cm³/mol. The van der Waals surface area contributed by atoms with Gasteiger partial charge in [0.25, 0.3) is 10.0 Å². The summed E-state index contributed by atoms with van der Waals surface area (Å²) >= 11 is 0. The zero-order chi connectivity index (χ0) is 20.8. The predicted octanol–water partition coefficient (Wildman–Crippen LogP) is 2.75. The Balaban J connectivity index is 1.76. The van der Waals surface area contributed by atoms with Gasteiger partial charge in [-0.3, -0.25) is 4.72 Å². The van der Waals surface area contributed by atoms with E-state index in [-0.39, 0.29) is 27.8 Å². The SMILES string of the molecule is Cc1cc(F)ccc1S(=O)(=O)Nc1cc(-c2ccco2)nn1C1CCS(=O)(=O)C1. The molecular weight excluding hydrogens is 421 g/mol. The zero-order valence-electron chi connectivity index (χ0n) is 15.4. The molecule has 1 unspecified atom stereocenters.